The molecule has 3 nitrogen and oxygen atoms in total. The monoisotopic (exact) mass is 238 g/mol. The van der Waals surface area contributed by atoms with Crippen molar-refractivity contribution in [2.75, 3.05) is 5.75 Å². The summed E-state index contributed by atoms with van der Waals surface area (Å²) in [6.45, 7) is 2.10. The molecular formula is C12H18N2OS. The molecule has 0 aliphatic carbocycles. The summed E-state index contributed by atoms with van der Waals surface area (Å²) >= 11 is 1.78. The van der Waals surface area contributed by atoms with Gasteiger partial charge in [-0.25, -0.2) is 0 Å². The third-order valence-corrected chi connectivity index (χ3v) is 3.50. The van der Waals surface area contributed by atoms with Crippen LogP contribution < -0.4 is 11.5 Å². The molecule has 1 unspecified atom stereocenters. The number of hydrogen-bond donors (Lipinski definition) is 2. The fraction of sp³-hybridized carbons (Fsp3) is 0.417. The zero-order chi connectivity index (χ0) is 12.0. The predicted octanol–water partition coefficient (Wildman–Crippen LogP) is 1.43. The van der Waals surface area contributed by atoms with Crippen LogP contribution in [0.25, 0.3) is 0 Å². The second-order valence-corrected chi connectivity index (χ2v) is 4.88. The van der Waals surface area contributed by atoms with Gasteiger partial charge in [0.05, 0.1) is 6.04 Å². The number of rotatable bonds is 6. The lowest BCUT2D eigenvalue weighted by molar-refractivity contribution is -0.119. The molecule has 1 amide bonds. The highest BCUT2D eigenvalue weighted by molar-refractivity contribution is 7.98. The highest BCUT2D eigenvalue weighted by Crippen LogP contribution is 2.16. The molecule has 0 heterocycles. The molecular weight excluding hydrogens is 220 g/mol. The van der Waals surface area contributed by atoms with Gasteiger partial charge in [0.2, 0.25) is 5.91 Å². The van der Waals surface area contributed by atoms with Crippen molar-refractivity contribution < 1.29 is 4.79 Å². The van der Waals surface area contributed by atoms with E-state index in [9.17, 15) is 4.79 Å². The van der Waals surface area contributed by atoms with Crippen LogP contribution in [0, 0.1) is 6.92 Å². The molecule has 88 valence electrons. The maximum absolute atomic E-state index is 10.7. The Morgan fingerprint density at radius 3 is 2.75 bits per heavy atom. The Morgan fingerprint density at radius 1 is 1.44 bits per heavy atom. The number of carbonyl (C=O) groups excluding carboxylic acids is 1. The van der Waals surface area contributed by atoms with Gasteiger partial charge in [-0.15, -0.1) is 0 Å². The van der Waals surface area contributed by atoms with Crippen molar-refractivity contribution in [2.24, 2.45) is 11.5 Å². The maximum Gasteiger partial charge on any atom is 0.234 e. The van der Waals surface area contributed by atoms with E-state index in [4.69, 9.17) is 11.5 Å². The van der Waals surface area contributed by atoms with Crippen molar-refractivity contribution in [3.05, 3.63) is 35.4 Å². The Bertz CT molecular complexity index is 355. The third kappa shape index (κ3) is 4.24. The molecule has 0 aliphatic heterocycles. The van der Waals surface area contributed by atoms with Gasteiger partial charge in [0.15, 0.2) is 0 Å². The molecule has 1 aromatic rings. The lowest BCUT2D eigenvalue weighted by Gasteiger charge is -2.08. The summed E-state index contributed by atoms with van der Waals surface area (Å²) in [7, 11) is 0. The van der Waals surface area contributed by atoms with Crippen LogP contribution in [-0.2, 0) is 10.5 Å². The second kappa shape index (κ2) is 6.55. The van der Waals surface area contributed by atoms with E-state index in [1.807, 2.05) is 12.1 Å². The van der Waals surface area contributed by atoms with Gasteiger partial charge in [0, 0.05) is 5.75 Å². The van der Waals surface area contributed by atoms with Crippen LogP contribution in [0.5, 0.6) is 0 Å². The Balaban J connectivity index is 2.26. The molecule has 0 bridgehead atoms. The average Bonchev–Trinajstić information content (AvgIpc) is 2.26. The number of hydrogen-bond acceptors (Lipinski definition) is 3. The summed E-state index contributed by atoms with van der Waals surface area (Å²) in [6.07, 6.45) is 0.645. The molecule has 0 fully saturated rings. The molecule has 16 heavy (non-hydrogen) atoms. The number of aryl methyl sites for hydroxylation is 1. The van der Waals surface area contributed by atoms with Crippen LogP contribution in [0.3, 0.4) is 0 Å². The predicted molar refractivity (Wildman–Crippen MR) is 69.1 cm³/mol. The first-order valence-corrected chi connectivity index (χ1v) is 6.44. The maximum atomic E-state index is 10.7. The van der Waals surface area contributed by atoms with Crippen LogP contribution in [0.1, 0.15) is 17.5 Å². The van der Waals surface area contributed by atoms with Crippen molar-refractivity contribution in [2.45, 2.75) is 25.1 Å². The highest BCUT2D eigenvalue weighted by atomic mass is 32.2. The van der Waals surface area contributed by atoms with Gasteiger partial charge in [0.25, 0.3) is 0 Å². The SMILES string of the molecule is Cc1ccccc1CSCCC(N)C(N)=O. The lowest BCUT2D eigenvalue weighted by Crippen LogP contribution is -2.36. The Labute approximate surface area is 101 Å². The summed E-state index contributed by atoms with van der Waals surface area (Å²) in [5.41, 5.74) is 13.3. The minimum absolute atomic E-state index is 0.420. The minimum Gasteiger partial charge on any atom is -0.368 e. The zero-order valence-corrected chi connectivity index (χ0v) is 10.3. The molecule has 0 spiro atoms. The smallest absolute Gasteiger partial charge is 0.234 e. The molecule has 4 N–H and O–H groups in total. The molecule has 0 aromatic heterocycles. The number of carbonyl (C=O) groups is 1. The van der Waals surface area contributed by atoms with E-state index in [-0.39, 0.29) is 0 Å². The quantitative estimate of drug-likeness (QED) is 0.737. The van der Waals surface area contributed by atoms with Gasteiger partial charge in [-0.3, -0.25) is 4.79 Å². The van der Waals surface area contributed by atoms with Crippen LogP contribution in [0.15, 0.2) is 24.3 Å². The van der Waals surface area contributed by atoms with Gasteiger partial charge >= 0.3 is 0 Å². The van der Waals surface area contributed by atoms with Crippen molar-refractivity contribution in [3.63, 3.8) is 0 Å². The topological polar surface area (TPSA) is 69.1 Å². The largest absolute Gasteiger partial charge is 0.368 e. The zero-order valence-electron chi connectivity index (χ0n) is 9.48. The summed E-state index contributed by atoms with van der Waals surface area (Å²) in [5, 5.41) is 0. The molecule has 0 saturated heterocycles. The van der Waals surface area contributed by atoms with Crippen LogP contribution >= 0.6 is 11.8 Å². The molecule has 4 heteroatoms. The molecule has 1 aromatic carbocycles. The van der Waals surface area contributed by atoms with Gasteiger partial charge in [-0.2, -0.15) is 11.8 Å². The van der Waals surface area contributed by atoms with Gasteiger partial charge < -0.3 is 11.5 Å². The van der Waals surface area contributed by atoms with Crippen LogP contribution in [0.2, 0.25) is 0 Å². The van der Waals surface area contributed by atoms with Crippen LogP contribution in [0.4, 0.5) is 0 Å². The molecule has 1 atom stereocenters. The first kappa shape index (κ1) is 13.1. The standard InChI is InChI=1S/C12H18N2OS/c1-9-4-2-3-5-10(9)8-16-7-6-11(13)12(14)15/h2-5,11H,6-8,13H2,1H3,(H2,14,15). The van der Waals surface area contributed by atoms with Crippen LogP contribution in [-0.4, -0.2) is 17.7 Å². The highest BCUT2D eigenvalue weighted by Gasteiger charge is 2.08. The number of benzene rings is 1. The molecule has 0 aliphatic rings. The summed E-state index contributed by atoms with van der Waals surface area (Å²) in [4.78, 5) is 10.7. The van der Waals surface area contributed by atoms with E-state index in [0.717, 1.165) is 11.5 Å². The Kier molecular flexibility index (Phi) is 5.35. The minimum atomic E-state index is -0.510. The second-order valence-electron chi connectivity index (χ2n) is 3.78. The normalized spacial score (nSPS) is 12.4. The van der Waals surface area contributed by atoms with Gasteiger partial charge in [-0.05, 0) is 30.2 Å². The third-order valence-electron chi connectivity index (χ3n) is 2.46. The number of thioether (sulfide) groups is 1. The van der Waals surface area contributed by atoms with Crippen molar-refractivity contribution in [1.29, 1.82) is 0 Å². The Morgan fingerprint density at radius 2 is 2.12 bits per heavy atom. The summed E-state index contributed by atoms with van der Waals surface area (Å²) in [5.74, 6) is 1.40. The number of primary amides is 1. The average molecular weight is 238 g/mol. The molecule has 1 rings (SSSR count). The number of nitrogens with two attached hydrogens (primary N) is 2. The first-order valence-electron chi connectivity index (χ1n) is 5.28. The number of amides is 1. The van der Waals surface area contributed by atoms with Gasteiger partial charge in [0.1, 0.15) is 0 Å². The van der Waals surface area contributed by atoms with E-state index in [0.29, 0.717) is 6.42 Å². The Hall–Kier alpha value is -1.00. The fourth-order valence-corrected chi connectivity index (χ4v) is 2.42. The molecule has 0 saturated carbocycles. The van der Waals surface area contributed by atoms with Gasteiger partial charge in [-0.1, -0.05) is 24.3 Å². The van der Waals surface area contributed by atoms with E-state index >= 15 is 0 Å². The van der Waals surface area contributed by atoms with Crippen molar-refractivity contribution in [1.82, 2.24) is 0 Å². The van der Waals surface area contributed by atoms with E-state index < -0.39 is 11.9 Å². The summed E-state index contributed by atoms with van der Waals surface area (Å²) in [6, 6.07) is 7.79. The van der Waals surface area contributed by atoms with E-state index in [1.165, 1.54) is 11.1 Å². The van der Waals surface area contributed by atoms with E-state index in [2.05, 4.69) is 19.1 Å². The fourth-order valence-electron chi connectivity index (χ4n) is 1.31. The molecule has 0 radical (unpaired) electrons. The van der Waals surface area contributed by atoms with Crippen molar-refractivity contribution >= 4 is 17.7 Å². The van der Waals surface area contributed by atoms with Crippen molar-refractivity contribution in [3.8, 4) is 0 Å². The van der Waals surface area contributed by atoms with E-state index in [1.54, 1.807) is 11.8 Å². The first-order chi connectivity index (χ1) is 7.61. The lowest BCUT2D eigenvalue weighted by atomic mass is 10.1. The summed E-state index contributed by atoms with van der Waals surface area (Å²) < 4.78 is 0.